The zero-order valence-electron chi connectivity index (χ0n) is 12.8. The number of hydrogen-bond donors (Lipinski definition) is 0. The summed E-state index contributed by atoms with van der Waals surface area (Å²) in [7, 11) is 0. The van der Waals surface area contributed by atoms with E-state index in [2.05, 4.69) is 19.1 Å². The molecule has 3 rings (SSSR count). The van der Waals surface area contributed by atoms with E-state index in [1.807, 2.05) is 0 Å². The molecule has 0 aromatic rings. The van der Waals surface area contributed by atoms with Crippen LogP contribution in [0.1, 0.15) is 51.9 Å². The van der Waals surface area contributed by atoms with Crippen LogP contribution in [0.15, 0.2) is 23.3 Å². The van der Waals surface area contributed by atoms with E-state index in [1.165, 1.54) is 44.9 Å². The van der Waals surface area contributed by atoms with E-state index in [0.29, 0.717) is 11.3 Å². The molecule has 20 heavy (non-hydrogen) atoms. The average molecular weight is 276 g/mol. The van der Waals surface area contributed by atoms with Crippen molar-refractivity contribution in [2.24, 2.45) is 11.3 Å². The molecule has 0 unspecified atom stereocenters. The maximum absolute atomic E-state index is 6.16. The van der Waals surface area contributed by atoms with Gasteiger partial charge in [-0.1, -0.05) is 30.2 Å². The van der Waals surface area contributed by atoms with E-state index in [-0.39, 0.29) is 0 Å². The SMILES string of the molecule is CCC1(COCC(C2=CCCC2)C2=CCCC2)COC1. The largest absolute Gasteiger partial charge is 0.380 e. The molecular weight excluding hydrogens is 248 g/mol. The molecule has 0 bridgehead atoms. The highest BCUT2D eigenvalue weighted by atomic mass is 16.5. The van der Waals surface area contributed by atoms with Gasteiger partial charge in [-0.2, -0.15) is 0 Å². The highest BCUT2D eigenvalue weighted by molar-refractivity contribution is 5.26. The number of ether oxygens (including phenoxy) is 2. The van der Waals surface area contributed by atoms with Crippen molar-refractivity contribution in [2.75, 3.05) is 26.4 Å². The van der Waals surface area contributed by atoms with Crippen LogP contribution in [0.25, 0.3) is 0 Å². The van der Waals surface area contributed by atoms with Crippen LogP contribution in [-0.4, -0.2) is 26.4 Å². The first-order valence-corrected chi connectivity index (χ1v) is 8.36. The first-order chi connectivity index (χ1) is 9.83. The molecule has 1 saturated heterocycles. The van der Waals surface area contributed by atoms with Crippen LogP contribution in [0.4, 0.5) is 0 Å². The van der Waals surface area contributed by atoms with Crippen molar-refractivity contribution in [1.29, 1.82) is 0 Å². The van der Waals surface area contributed by atoms with E-state index in [9.17, 15) is 0 Å². The van der Waals surface area contributed by atoms with Gasteiger partial charge < -0.3 is 9.47 Å². The van der Waals surface area contributed by atoms with Gasteiger partial charge in [0.25, 0.3) is 0 Å². The Kier molecular flexibility index (Phi) is 4.62. The van der Waals surface area contributed by atoms with Gasteiger partial charge in [0, 0.05) is 11.3 Å². The minimum atomic E-state index is 0.318. The van der Waals surface area contributed by atoms with Gasteiger partial charge in [0.1, 0.15) is 0 Å². The molecule has 0 aromatic heterocycles. The first kappa shape index (κ1) is 14.3. The summed E-state index contributed by atoms with van der Waals surface area (Å²) >= 11 is 0. The van der Waals surface area contributed by atoms with Crippen molar-refractivity contribution in [3.63, 3.8) is 0 Å². The second-order valence-electron chi connectivity index (χ2n) is 6.76. The molecule has 1 aliphatic heterocycles. The zero-order valence-corrected chi connectivity index (χ0v) is 12.8. The van der Waals surface area contributed by atoms with Gasteiger partial charge in [-0.05, 0) is 44.9 Å². The third-order valence-corrected chi connectivity index (χ3v) is 5.31. The Hall–Kier alpha value is -0.600. The second kappa shape index (κ2) is 6.44. The van der Waals surface area contributed by atoms with Gasteiger partial charge in [0.15, 0.2) is 0 Å². The Labute approximate surface area is 123 Å². The number of allylic oxidation sites excluding steroid dienone is 2. The van der Waals surface area contributed by atoms with E-state index in [4.69, 9.17) is 9.47 Å². The van der Waals surface area contributed by atoms with Crippen molar-refractivity contribution in [3.8, 4) is 0 Å². The fourth-order valence-electron chi connectivity index (χ4n) is 3.65. The zero-order chi connectivity index (χ0) is 13.8. The standard InChI is InChI=1S/C18H28O2/c1-2-18(13-20-14-18)12-19-11-17(15-7-3-4-8-15)16-9-5-6-10-16/h7,9,17H,2-6,8,10-14H2,1H3. The highest BCUT2D eigenvalue weighted by Crippen LogP contribution is 2.36. The van der Waals surface area contributed by atoms with Gasteiger partial charge in [-0.15, -0.1) is 0 Å². The van der Waals surface area contributed by atoms with Crippen molar-refractivity contribution in [1.82, 2.24) is 0 Å². The number of rotatable bonds is 7. The van der Waals surface area contributed by atoms with E-state index in [1.54, 1.807) is 11.1 Å². The lowest BCUT2D eigenvalue weighted by Crippen LogP contribution is -2.46. The molecule has 0 radical (unpaired) electrons. The molecule has 0 spiro atoms. The van der Waals surface area contributed by atoms with E-state index < -0.39 is 0 Å². The Balaban J connectivity index is 1.56. The summed E-state index contributed by atoms with van der Waals surface area (Å²) in [5, 5.41) is 0. The van der Waals surface area contributed by atoms with Crippen LogP contribution in [0, 0.1) is 11.3 Å². The molecule has 1 heterocycles. The molecular formula is C18H28O2. The third-order valence-electron chi connectivity index (χ3n) is 5.31. The Morgan fingerprint density at radius 1 is 1.15 bits per heavy atom. The van der Waals surface area contributed by atoms with Gasteiger partial charge in [-0.25, -0.2) is 0 Å². The minimum Gasteiger partial charge on any atom is -0.380 e. The molecule has 0 saturated carbocycles. The summed E-state index contributed by atoms with van der Waals surface area (Å²) in [6, 6.07) is 0. The molecule has 0 aromatic carbocycles. The van der Waals surface area contributed by atoms with Gasteiger partial charge >= 0.3 is 0 Å². The van der Waals surface area contributed by atoms with Gasteiger partial charge in [0.2, 0.25) is 0 Å². The van der Waals surface area contributed by atoms with Crippen LogP contribution in [0.3, 0.4) is 0 Å². The van der Waals surface area contributed by atoms with Crippen molar-refractivity contribution in [3.05, 3.63) is 23.3 Å². The molecule has 2 aliphatic carbocycles. The molecule has 112 valence electrons. The molecule has 0 atom stereocenters. The Morgan fingerprint density at radius 2 is 1.80 bits per heavy atom. The summed E-state index contributed by atoms with van der Waals surface area (Å²) in [4.78, 5) is 0. The van der Waals surface area contributed by atoms with Crippen LogP contribution in [-0.2, 0) is 9.47 Å². The summed E-state index contributed by atoms with van der Waals surface area (Å²) in [5.74, 6) is 0.579. The van der Waals surface area contributed by atoms with E-state index in [0.717, 1.165) is 26.4 Å². The van der Waals surface area contributed by atoms with Crippen LogP contribution >= 0.6 is 0 Å². The second-order valence-corrected chi connectivity index (χ2v) is 6.76. The monoisotopic (exact) mass is 276 g/mol. The molecule has 2 heteroatoms. The summed E-state index contributed by atoms with van der Waals surface area (Å²) < 4.78 is 11.5. The first-order valence-electron chi connectivity index (χ1n) is 8.36. The van der Waals surface area contributed by atoms with Crippen LogP contribution in [0.2, 0.25) is 0 Å². The predicted octanol–water partition coefficient (Wildman–Crippen LogP) is 4.27. The molecule has 3 aliphatic rings. The topological polar surface area (TPSA) is 18.5 Å². The van der Waals surface area contributed by atoms with Crippen molar-refractivity contribution >= 4 is 0 Å². The highest BCUT2D eigenvalue weighted by Gasteiger charge is 2.37. The lowest BCUT2D eigenvalue weighted by molar-refractivity contribution is -0.151. The van der Waals surface area contributed by atoms with Crippen molar-refractivity contribution < 1.29 is 9.47 Å². The lowest BCUT2D eigenvalue weighted by atomic mass is 9.84. The van der Waals surface area contributed by atoms with Crippen LogP contribution < -0.4 is 0 Å². The van der Waals surface area contributed by atoms with E-state index >= 15 is 0 Å². The normalized spacial score (nSPS) is 24.7. The van der Waals surface area contributed by atoms with Crippen molar-refractivity contribution in [2.45, 2.75) is 51.9 Å². The summed E-state index contributed by atoms with van der Waals surface area (Å²) in [6.45, 7) is 5.79. The van der Waals surface area contributed by atoms with Crippen LogP contribution in [0.5, 0.6) is 0 Å². The lowest BCUT2D eigenvalue weighted by Gasteiger charge is -2.40. The smallest absolute Gasteiger partial charge is 0.0569 e. The number of hydrogen-bond acceptors (Lipinski definition) is 2. The Bertz CT molecular complexity index is 361. The maximum Gasteiger partial charge on any atom is 0.0569 e. The van der Waals surface area contributed by atoms with Gasteiger partial charge in [0.05, 0.1) is 26.4 Å². The third kappa shape index (κ3) is 3.01. The Morgan fingerprint density at radius 3 is 2.20 bits per heavy atom. The summed E-state index contributed by atoms with van der Waals surface area (Å²) in [6.07, 6.45) is 13.9. The quantitative estimate of drug-likeness (QED) is 0.647. The molecule has 0 amide bonds. The molecule has 0 N–H and O–H groups in total. The molecule has 2 nitrogen and oxygen atoms in total. The fraction of sp³-hybridized carbons (Fsp3) is 0.778. The summed E-state index contributed by atoms with van der Waals surface area (Å²) in [5.41, 5.74) is 3.61. The fourth-order valence-corrected chi connectivity index (χ4v) is 3.65. The average Bonchev–Trinajstić information content (AvgIpc) is 3.10. The minimum absolute atomic E-state index is 0.318. The van der Waals surface area contributed by atoms with Gasteiger partial charge in [-0.3, -0.25) is 0 Å². The predicted molar refractivity (Wildman–Crippen MR) is 81.7 cm³/mol. The molecule has 1 fully saturated rings. The maximum atomic E-state index is 6.16.